The molecule has 20 heavy (non-hydrogen) atoms. The second-order valence-corrected chi connectivity index (χ2v) is 5.80. The molecule has 3 nitrogen and oxygen atoms in total. The predicted molar refractivity (Wildman–Crippen MR) is 71.7 cm³/mol. The number of hydrogen-bond donors (Lipinski definition) is 2. The Morgan fingerprint density at radius 2 is 2.10 bits per heavy atom. The number of ether oxygens (including phenoxy) is 1. The number of nitrogens with one attached hydrogen (secondary N) is 1. The van der Waals surface area contributed by atoms with E-state index in [0.29, 0.717) is 5.75 Å². The fourth-order valence-electron chi connectivity index (χ4n) is 1.81. The molecule has 2 rings (SSSR count). The number of aliphatic hydroxyl groups is 1. The van der Waals surface area contributed by atoms with Crippen LogP contribution in [-0.4, -0.2) is 36.1 Å². The molecule has 0 spiro atoms. The summed E-state index contributed by atoms with van der Waals surface area (Å²) in [5, 5.41) is 12.1. The second-order valence-electron chi connectivity index (χ2n) is 4.88. The zero-order chi connectivity index (χ0) is 14.8. The van der Waals surface area contributed by atoms with Crippen molar-refractivity contribution in [3.05, 3.63) is 28.7 Å². The Morgan fingerprint density at radius 3 is 2.65 bits per heavy atom. The SMILES string of the molecule is OC(CNC1(C(F)(F)F)CC1)COc1cccc(Br)c1. The van der Waals surface area contributed by atoms with E-state index < -0.39 is 17.8 Å². The topological polar surface area (TPSA) is 41.5 Å². The molecule has 0 heterocycles. The molecular formula is C13H15BrF3NO2. The number of benzene rings is 1. The lowest BCUT2D eigenvalue weighted by atomic mass is 10.2. The van der Waals surface area contributed by atoms with Gasteiger partial charge in [0.15, 0.2) is 0 Å². The van der Waals surface area contributed by atoms with Gasteiger partial charge in [0.25, 0.3) is 0 Å². The lowest BCUT2D eigenvalue weighted by molar-refractivity contribution is -0.166. The highest BCUT2D eigenvalue weighted by Gasteiger charge is 2.63. The molecule has 7 heteroatoms. The van der Waals surface area contributed by atoms with Crippen LogP contribution in [0.4, 0.5) is 13.2 Å². The van der Waals surface area contributed by atoms with E-state index in [9.17, 15) is 18.3 Å². The van der Waals surface area contributed by atoms with Crippen molar-refractivity contribution in [3.63, 3.8) is 0 Å². The van der Waals surface area contributed by atoms with Gasteiger partial charge in [0.2, 0.25) is 0 Å². The highest BCUT2D eigenvalue weighted by atomic mass is 79.9. The van der Waals surface area contributed by atoms with Gasteiger partial charge < -0.3 is 15.2 Å². The molecule has 1 atom stereocenters. The summed E-state index contributed by atoms with van der Waals surface area (Å²) in [6.45, 7) is -0.203. The minimum atomic E-state index is -4.27. The van der Waals surface area contributed by atoms with Gasteiger partial charge in [0.05, 0.1) is 0 Å². The first-order valence-corrected chi connectivity index (χ1v) is 7.00. The van der Waals surface area contributed by atoms with Gasteiger partial charge >= 0.3 is 6.18 Å². The molecule has 0 bridgehead atoms. The van der Waals surface area contributed by atoms with Crippen LogP contribution in [0.25, 0.3) is 0 Å². The Kier molecular flexibility index (Phi) is 4.61. The number of β-amino-alcohol motifs (C(OH)–C–C–N with tert-alkyl or cyclic N) is 1. The van der Waals surface area contributed by atoms with Crippen molar-refractivity contribution in [2.24, 2.45) is 0 Å². The van der Waals surface area contributed by atoms with Crippen LogP contribution in [0.1, 0.15) is 12.8 Å². The van der Waals surface area contributed by atoms with Gasteiger partial charge in [-0.25, -0.2) is 0 Å². The third-order valence-corrected chi connectivity index (χ3v) is 3.70. The molecule has 0 amide bonds. The Morgan fingerprint density at radius 1 is 1.40 bits per heavy atom. The van der Waals surface area contributed by atoms with Crippen molar-refractivity contribution in [3.8, 4) is 5.75 Å². The first kappa shape index (κ1) is 15.6. The molecule has 0 aliphatic heterocycles. The fourth-order valence-corrected chi connectivity index (χ4v) is 2.19. The van der Waals surface area contributed by atoms with Crippen LogP contribution in [0.5, 0.6) is 5.75 Å². The summed E-state index contributed by atoms with van der Waals surface area (Å²) >= 11 is 3.28. The van der Waals surface area contributed by atoms with Crippen molar-refractivity contribution in [1.29, 1.82) is 0 Å². The number of halogens is 4. The minimum absolute atomic E-state index is 0.0581. The summed E-state index contributed by atoms with van der Waals surface area (Å²) in [7, 11) is 0. The lowest BCUT2D eigenvalue weighted by Crippen LogP contribution is -2.48. The minimum Gasteiger partial charge on any atom is -0.491 e. The smallest absolute Gasteiger partial charge is 0.406 e. The third-order valence-electron chi connectivity index (χ3n) is 3.21. The number of rotatable bonds is 6. The number of aliphatic hydroxyl groups excluding tert-OH is 1. The highest BCUT2D eigenvalue weighted by molar-refractivity contribution is 9.10. The summed E-state index contributed by atoms with van der Waals surface area (Å²) < 4.78 is 44.1. The molecule has 0 saturated heterocycles. The standard InChI is InChI=1S/C13H15BrF3NO2/c14-9-2-1-3-11(6-9)20-8-10(19)7-18-12(4-5-12)13(15,16)17/h1-3,6,10,18-19H,4-5,7-8H2. The molecule has 1 aromatic rings. The van der Waals surface area contributed by atoms with E-state index in [1.165, 1.54) is 0 Å². The molecule has 2 N–H and O–H groups in total. The van der Waals surface area contributed by atoms with Gasteiger partial charge in [-0.1, -0.05) is 22.0 Å². The molecule has 112 valence electrons. The van der Waals surface area contributed by atoms with Gasteiger partial charge in [-0.3, -0.25) is 0 Å². The van der Waals surface area contributed by atoms with Crippen LogP contribution in [0.2, 0.25) is 0 Å². The first-order valence-electron chi connectivity index (χ1n) is 6.21. The van der Waals surface area contributed by atoms with Crippen LogP contribution < -0.4 is 10.1 Å². The Labute approximate surface area is 123 Å². The largest absolute Gasteiger partial charge is 0.491 e. The Bertz CT molecular complexity index is 463. The highest BCUT2D eigenvalue weighted by Crippen LogP contribution is 2.48. The Balaban J connectivity index is 1.75. The van der Waals surface area contributed by atoms with Gasteiger partial charge in [-0.15, -0.1) is 0 Å². The van der Waals surface area contributed by atoms with Crippen molar-refractivity contribution in [2.45, 2.75) is 30.7 Å². The van der Waals surface area contributed by atoms with Crippen LogP contribution in [0.3, 0.4) is 0 Å². The average Bonchev–Trinajstić information content (AvgIpc) is 3.14. The van der Waals surface area contributed by atoms with E-state index in [1.807, 2.05) is 6.07 Å². The molecule has 1 saturated carbocycles. The number of hydrogen-bond acceptors (Lipinski definition) is 3. The quantitative estimate of drug-likeness (QED) is 0.826. The van der Waals surface area contributed by atoms with Crippen molar-refractivity contribution >= 4 is 15.9 Å². The maximum atomic E-state index is 12.7. The molecule has 0 radical (unpaired) electrons. The van der Waals surface area contributed by atoms with Crippen LogP contribution >= 0.6 is 15.9 Å². The van der Waals surface area contributed by atoms with Crippen LogP contribution in [-0.2, 0) is 0 Å². The van der Waals surface area contributed by atoms with Gasteiger partial charge in [0, 0.05) is 11.0 Å². The van der Waals surface area contributed by atoms with E-state index in [4.69, 9.17) is 4.74 Å². The lowest BCUT2D eigenvalue weighted by Gasteiger charge is -2.22. The zero-order valence-electron chi connectivity index (χ0n) is 10.6. The molecule has 1 aliphatic carbocycles. The molecule has 1 fully saturated rings. The summed E-state index contributed by atoms with van der Waals surface area (Å²) in [6.07, 6.45) is -5.13. The van der Waals surface area contributed by atoms with E-state index in [1.54, 1.807) is 18.2 Å². The van der Waals surface area contributed by atoms with Crippen molar-refractivity contribution in [1.82, 2.24) is 5.32 Å². The average molecular weight is 354 g/mol. The molecular weight excluding hydrogens is 339 g/mol. The zero-order valence-corrected chi connectivity index (χ0v) is 12.2. The molecule has 1 aliphatic rings. The third kappa shape index (κ3) is 3.86. The maximum absolute atomic E-state index is 12.7. The van der Waals surface area contributed by atoms with E-state index >= 15 is 0 Å². The van der Waals surface area contributed by atoms with E-state index in [-0.39, 0.29) is 26.0 Å². The number of alkyl halides is 3. The summed E-state index contributed by atoms with van der Waals surface area (Å²) in [5.74, 6) is 0.551. The fraction of sp³-hybridized carbons (Fsp3) is 0.538. The Hall–Kier alpha value is -0.790. The first-order chi connectivity index (χ1) is 9.32. The van der Waals surface area contributed by atoms with Crippen LogP contribution in [0, 0.1) is 0 Å². The summed E-state index contributed by atoms with van der Waals surface area (Å²) in [5.41, 5.74) is -1.80. The monoisotopic (exact) mass is 353 g/mol. The molecule has 1 aromatic carbocycles. The second kappa shape index (κ2) is 5.91. The van der Waals surface area contributed by atoms with Gasteiger partial charge in [0.1, 0.15) is 24.0 Å². The molecule has 1 unspecified atom stereocenters. The van der Waals surface area contributed by atoms with Crippen molar-refractivity contribution in [2.75, 3.05) is 13.2 Å². The summed E-state index contributed by atoms with van der Waals surface area (Å²) in [6, 6.07) is 7.03. The van der Waals surface area contributed by atoms with Gasteiger partial charge in [-0.2, -0.15) is 13.2 Å². The summed E-state index contributed by atoms with van der Waals surface area (Å²) in [4.78, 5) is 0. The normalized spacial score (nSPS) is 18.6. The molecule has 0 aromatic heterocycles. The predicted octanol–water partition coefficient (Wildman–Crippen LogP) is 2.87. The van der Waals surface area contributed by atoms with E-state index in [0.717, 1.165) is 4.47 Å². The maximum Gasteiger partial charge on any atom is 0.406 e. The van der Waals surface area contributed by atoms with Gasteiger partial charge in [-0.05, 0) is 31.0 Å². The van der Waals surface area contributed by atoms with E-state index in [2.05, 4.69) is 21.2 Å². The van der Waals surface area contributed by atoms with Crippen molar-refractivity contribution < 1.29 is 23.0 Å². The van der Waals surface area contributed by atoms with Crippen LogP contribution in [0.15, 0.2) is 28.7 Å².